The van der Waals surface area contributed by atoms with E-state index in [9.17, 15) is 14.4 Å². The Hall–Kier alpha value is -3.49. The molecular weight excluding hydrogens is 456 g/mol. The number of aromatic nitrogens is 1. The SMILES string of the molecule is O=C1c2ccccc2C(=O)N1CCCn1cc(CN(C(=O)C2CNCCO2)C2CC2)c2ccccc21. The summed E-state index contributed by atoms with van der Waals surface area (Å²) in [5.41, 5.74) is 3.17. The van der Waals surface area contributed by atoms with Gasteiger partial charge in [-0.15, -0.1) is 0 Å². The van der Waals surface area contributed by atoms with Crippen LogP contribution in [0.3, 0.4) is 0 Å². The fourth-order valence-electron chi connectivity index (χ4n) is 5.34. The monoisotopic (exact) mass is 486 g/mol. The summed E-state index contributed by atoms with van der Waals surface area (Å²) in [4.78, 5) is 42.0. The van der Waals surface area contributed by atoms with Crippen LogP contribution in [0.4, 0.5) is 0 Å². The van der Waals surface area contributed by atoms with Gasteiger partial charge in [-0.3, -0.25) is 19.3 Å². The topological polar surface area (TPSA) is 83.9 Å². The van der Waals surface area contributed by atoms with Crippen molar-refractivity contribution in [3.8, 4) is 0 Å². The Morgan fingerprint density at radius 1 is 1.00 bits per heavy atom. The average molecular weight is 487 g/mol. The van der Waals surface area contributed by atoms with Gasteiger partial charge in [0.15, 0.2) is 0 Å². The van der Waals surface area contributed by atoms with Gasteiger partial charge in [-0.1, -0.05) is 30.3 Å². The molecule has 3 amide bonds. The van der Waals surface area contributed by atoms with E-state index < -0.39 is 6.10 Å². The highest BCUT2D eigenvalue weighted by molar-refractivity contribution is 6.21. The first-order valence-corrected chi connectivity index (χ1v) is 12.8. The molecule has 2 fully saturated rings. The number of amides is 3. The third-order valence-electron chi connectivity index (χ3n) is 7.34. The van der Waals surface area contributed by atoms with Crippen LogP contribution >= 0.6 is 0 Å². The zero-order chi connectivity index (χ0) is 24.6. The van der Waals surface area contributed by atoms with Crippen LogP contribution in [0.2, 0.25) is 0 Å². The van der Waals surface area contributed by atoms with E-state index in [1.165, 1.54) is 4.90 Å². The molecule has 36 heavy (non-hydrogen) atoms. The van der Waals surface area contributed by atoms with E-state index in [0.717, 1.165) is 35.9 Å². The number of para-hydroxylation sites is 1. The van der Waals surface area contributed by atoms with Gasteiger partial charge in [0, 0.05) is 55.9 Å². The summed E-state index contributed by atoms with van der Waals surface area (Å²) >= 11 is 0. The highest BCUT2D eigenvalue weighted by Gasteiger charge is 2.37. The maximum Gasteiger partial charge on any atom is 0.261 e. The number of imide groups is 1. The van der Waals surface area contributed by atoms with E-state index in [1.54, 1.807) is 24.3 Å². The molecule has 1 unspecified atom stereocenters. The van der Waals surface area contributed by atoms with Gasteiger partial charge in [0.2, 0.25) is 0 Å². The number of fused-ring (bicyclic) bond motifs is 2. The van der Waals surface area contributed by atoms with Crippen LogP contribution in [0.15, 0.2) is 54.7 Å². The summed E-state index contributed by atoms with van der Waals surface area (Å²) in [5.74, 6) is -0.370. The van der Waals surface area contributed by atoms with Crippen molar-refractivity contribution in [1.29, 1.82) is 0 Å². The standard InChI is InChI=1S/C28H30N4O4/c33-26-22-7-1-2-8-23(22)27(34)31(26)14-5-13-30-17-19(21-6-3-4-9-24(21)30)18-32(20-10-11-20)28(35)25-16-29-12-15-36-25/h1-4,6-9,17,20,25,29H,5,10-16,18H2. The summed E-state index contributed by atoms with van der Waals surface area (Å²) in [5, 5.41) is 4.38. The molecule has 8 heteroatoms. The molecule has 2 aliphatic heterocycles. The number of benzene rings is 2. The molecule has 1 N–H and O–H groups in total. The Morgan fingerprint density at radius 2 is 1.72 bits per heavy atom. The predicted octanol–water partition coefficient (Wildman–Crippen LogP) is 2.81. The molecule has 3 aromatic rings. The molecule has 186 valence electrons. The lowest BCUT2D eigenvalue weighted by atomic mass is 10.1. The van der Waals surface area contributed by atoms with Gasteiger partial charge in [-0.05, 0) is 43.0 Å². The summed E-state index contributed by atoms with van der Waals surface area (Å²) in [6, 6.07) is 15.5. The predicted molar refractivity (Wildman–Crippen MR) is 135 cm³/mol. The minimum absolute atomic E-state index is 0.0622. The van der Waals surface area contributed by atoms with Gasteiger partial charge in [0.05, 0.1) is 17.7 Å². The van der Waals surface area contributed by atoms with Gasteiger partial charge in [0.1, 0.15) is 6.10 Å². The molecule has 0 spiro atoms. The van der Waals surface area contributed by atoms with Crippen molar-refractivity contribution in [2.45, 2.75) is 44.5 Å². The number of nitrogens with one attached hydrogen (secondary N) is 1. The van der Waals surface area contributed by atoms with Crippen molar-refractivity contribution < 1.29 is 19.1 Å². The molecule has 1 aromatic heterocycles. The summed E-state index contributed by atoms with van der Waals surface area (Å²) in [6.45, 7) is 3.48. The van der Waals surface area contributed by atoms with Crippen molar-refractivity contribution in [3.05, 3.63) is 71.4 Å². The molecule has 2 aromatic carbocycles. The quantitative estimate of drug-likeness (QED) is 0.495. The van der Waals surface area contributed by atoms with E-state index in [0.29, 0.717) is 50.3 Å². The average Bonchev–Trinajstić information content (AvgIpc) is 3.67. The third-order valence-corrected chi connectivity index (χ3v) is 7.34. The first-order chi connectivity index (χ1) is 17.6. The molecule has 1 atom stereocenters. The van der Waals surface area contributed by atoms with Crippen LogP contribution in [0.5, 0.6) is 0 Å². The van der Waals surface area contributed by atoms with Crippen LogP contribution in [-0.2, 0) is 22.6 Å². The first kappa shape index (κ1) is 22.9. The van der Waals surface area contributed by atoms with E-state index in [2.05, 4.69) is 28.2 Å². The summed E-state index contributed by atoms with van der Waals surface area (Å²) < 4.78 is 7.93. The first-order valence-electron chi connectivity index (χ1n) is 12.8. The smallest absolute Gasteiger partial charge is 0.261 e. The fourth-order valence-corrected chi connectivity index (χ4v) is 5.34. The van der Waals surface area contributed by atoms with Gasteiger partial charge in [0.25, 0.3) is 17.7 Å². The van der Waals surface area contributed by atoms with E-state index in [-0.39, 0.29) is 23.8 Å². The van der Waals surface area contributed by atoms with Crippen LogP contribution < -0.4 is 5.32 Å². The van der Waals surface area contributed by atoms with Gasteiger partial charge >= 0.3 is 0 Å². The molecule has 6 rings (SSSR count). The second-order valence-electron chi connectivity index (χ2n) is 9.79. The molecule has 0 radical (unpaired) electrons. The Bertz CT molecular complexity index is 1290. The van der Waals surface area contributed by atoms with Crippen LogP contribution in [0, 0.1) is 0 Å². The number of morpholine rings is 1. The third kappa shape index (κ3) is 4.20. The zero-order valence-electron chi connectivity index (χ0n) is 20.2. The van der Waals surface area contributed by atoms with Crippen molar-refractivity contribution in [2.24, 2.45) is 0 Å². The van der Waals surface area contributed by atoms with Crippen molar-refractivity contribution in [2.75, 3.05) is 26.2 Å². The number of hydrogen-bond acceptors (Lipinski definition) is 5. The molecule has 1 aliphatic carbocycles. The van der Waals surface area contributed by atoms with Crippen LogP contribution in [0.1, 0.15) is 45.5 Å². The number of rotatable bonds is 8. The molecule has 1 saturated carbocycles. The lowest BCUT2D eigenvalue weighted by molar-refractivity contribution is -0.146. The molecule has 0 bridgehead atoms. The number of carbonyl (C=O) groups is 3. The normalized spacial score (nSPS) is 19.7. The Morgan fingerprint density at radius 3 is 2.42 bits per heavy atom. The maximum atomic E-state index is 13.3. The number of hydrogen-bond donors (Lipinski definition) is 1. The van der Waals surface area contributed by atoms with E-state index in [4.69, 9.17) is 4.74 Å². The van der Waals surface area contributed by atoms with Gasteiger partial charge in [-0.25, -0.2) is 0 Å². The van der Waals surface area contributed by atoms with E-state index in [1.807, 2.05) is 17.0 Å². The van der Waals surface area contributed by atoms with Crippen LogP contribution in [-0.4, -0.2) is 70.5 Å². The molecule has 3 aliphatic rings. The highest BCUT2D eigenvalue weighted by Crippen LogP contribution is 2.32. The number of aryl methyl sites for hydroxylation is 1. The minimum atomic E-state index is -0.424. The Kier molecular flexibility index (Phi) is 6.07. The fraction of sp³-hybridized carbons (Fsp3) is 0.393. The molecule has 3 heterocycles. The number of carbonyl (C=O) groups excluding carboxylic acids is 3. The largest absolute Gasteiger partial charge is 0.366 e. The van der Waals surface area contributed by atoms with Gasteiger partial charge < -0.3 is 19.5 Å². The Balaban J connectivity index is 1.17. The number of nitrogens with zero attached hydrogens (tertiary/aromatic N) is 3. The lowest BCUT2D eigenvalue weighted by Gasteiger charge is -2.30. The maximum absolute atomic E-state index is 13.3. The molecule has 8 nitrogen and oxygen atoms in total. The highest BCUT2D eigenvalue weighted by atomic mass is 16.5. The lowest BCUT2D eigenvalue weighted by Crippen LogP contribution is -2.49. The molecule has 1 saturated heterocycles. The molecular formula is C28H30N4O4. The Labute approximate surface area is 209 Å². The van der Waals surface area contributed by atoms with Crippen molar-refractivity contribution in [1.82, 2.24) is 19.7 Å². The zero-order valence-corrected chi connectivity index (χ0v) is 20.2. The second kappa shape index (κ2) is 9.52. The van der Waals surface area contributed by atoms with E-state index >= 15 is 0 Å². The van der Waals surface area contributed by atoms with Crippen LogP contribution in [0.25, 0.3) is 10.9 Å². The number of ether oxygens (including phenoxy) is 1. The second-order valence-corrected chi connectivity index (χ2v) is 9.79. The van der Waals surface area contributed by atoms with Crippen molar-refractivity contribution >= 4 is 28.6 Å². The summed E-state index contributed by atoms with van der Waals surface area (Å²) in [6.07, 6.45) is 4.41. The minimum Gasteiger partial charge on any atom is -0.366 e. The van der Waals surface area contributed by atoms with Gasteiger partial charge in [-0.2, -0.15) is 0 Å². The van der Waals surface area contributed by atoms with Crippen molar-refractivity contribution in [3.63, 3.8) is 0 Å². The summed E-state index contributed by atoms with van der Waals surface area (Å²) in [7, 11) is 0.